The molecule has 1 saturated heterocycles. The van der Waals surface area contributed by atoms with E-state index in [1.807, 2.05) is 24.3 Å². The van der Waals surface area contributed by atoms with Gasteiger partial charge >= 0.3 is 0 Å². The second-order valence-corrected chi connectivity index (χ2v) is 4.55. The van der Waals surface area contributed by atoms with Gasteiger partial charge in [-0.05, 0) is 25.2 Å². The number of aliphatic hydroxyl groups excluding tert-OH is 1. The molecular formula is C15H19NO3. The molecule has 1 fully saturated rings. The van der Waals surface area contributed by atoms with Gasteiger partial charge in [-0.3, -0.25) is 0 Å². The van der Waals surface area contributed by atoms with E-state index in [1.165, 1.54) is 0 Å². The van der Waals surface area contributed by atoms with Gasteiger partial charge in [-0.25, -0.2) is 0 Å². The molecule has 1 aliphatic rings. The van der Waals surface area contributed by atoms with E-state index in [4.69, 9.17) is 14.6 Å². The number of morpholine rings is 1. The Morgan fingerprint density at radius 1 is 1.53 bits per heavy atom. The molecule has 1 atom stereocenters. The lowest BCUT2D eigenvalue weighted by Gasteiger charge is -2.29. The summed E-state index contributed by atoms with van der Waals surface area (Å²) in [6.45, 7) is 3.04. The monoisotopic (exact) mass is 261 g/mol. The van der Waals surface area contributed by atoms with Crippen LogP contribution in [0.5, 0.6) is 5.75 Å². The van der Waals surface area contributed by atoms with Gasteiger partial charge in [-0.15, -0.1) is 0 Å². The van der Waals surface area contributed by atoms with Crippen LogP contribution in [-0.2, 0) is 4.74 Å². The fourth-order valence-electron chi connectivity index (χ4n) is 1.96. The number of hydrogen-bond acceptors (Lipinski definition) is 4. The molecule has 0 radical (unpaired) electrons. The predicted octanol–water partition coefficient (Wildman–Crippen LogP) is 0.740. The summed E-state index contributed by atoms with van der Waals surface area (Å²) in [6.07, 6.45) is 0.117. The van der Waals surface area contributed by atoms with Crippen LogP contribution < -0.4 is 4.74 Å². The van der Waals surface area contributed by atoms with Crippen molar-refractivity contribution in [1.29, 1.82) is 0 Å². The van der Waals surface area contributed by atoms with Crippen LogP contribution in [0.15, 0.2) is 24.3 Å². The molecule has 102 valence electrons. The minimum atomic E-state index is -0.132. The van der Waals surface area contributed by atoms with Crippen molar-refractivity contribution >= 4 is 0 Å². The largest absolute Gasteiger partial charge is 0.491 e. The summed E-state index contributed by atoms with van der Waals surface area (Å²) >= 11 is 0. The molecule has 1 aromatic rings. The second kappa shape index (κ2) is 7.15. The van der Waals surface area contributed by atoms with Crippen molar-refractivity contribution in [2.75, 3.05) is 40.0 Å². The molecule has 19 heavy (non-hydrogen) atoms. The molecular weight excluding hydrogens is 242 g/mol. The lowest BCUT2D eigenvalue weighted by Crippen LogP contribution is -2.42. The van der Waals surface area contributed by atoms with E-state index >= 15 is 0 Å². The van der Waals surface area contributed by atoms with E-state index in [0.29, 0.717) is 6.61 Å². The fourth-order valence-corrected chi connectivity index (χ4v) is 1.96. The molecule has 1 aromatic carbocycles. The van der Waals surface area contributed by atoms with E-state index in [1.54, 1.807) is 0 Å². The molecule has 4 heteroatoms. The van der Waals surface area contributed by atoms with E-state index in [0.717, 1.165) is 31.0 Å². The average Bonchev–Trinajstić information content (AvgIpc) is 2.43. The lowest BCUT2D eigenvalue weighted by atomic mass is 10.2. The normalized spacial score (nSPS) is 19.6. The van der Waals surface area contributed by atoms with E-state index in [2.05, 4.69) is 23.8 Å². The van der Waals surface area contributed by atoms with Crippen molar-refractivity contribution in [3.8, 4) is 17.6 Å². The Morgan fingerprint density at radius 2 is 2.42 bits per heavy atom. The van der Waals surface area contributed by atoms with Gasteiger partial charge < -0.3 is 19.5 Å². The van der Waals surface area contributed by atoms with Crippen molar-refractivity contribution in [1.82, 2.24) is 4.90 Å². The summed E-state index contributed by atoms with van der Waals surface area (Å²) in [5.41, 5.74) is 0.841. The third kappa shape index (κ3) is 4.56. The Kier molecular flexibility index (Phi) is 5.22. The van der Waals surface area contributed by atoms with Crippen LogP contribution in [0.3, 0.4) is 0 Å². The number of aliphatic hydroxyl groups is 1. The maximum absolute atomic E-state index is 8.67. The maximum atomic E-state index is 8.67. The molecule has 0 bridgehead atoms. The minimum Gasteiger partial charge on any atom is -0.491 e. The maximum Gasteiger partial charge on any atom is 0.120 e. The zero-order chi connectivity index (χ0) is 13.5. The van der Waals surface area contributed by atoms with Gasteiger partial charge in [0.25, 0.3) is 0 Å². The van der Waals surface area contributed by atoms with Crippen LogP contribution in [-0.4, -0.2) is 56.1 Å². The first-order valence-corrected chi connectivity index (χ1v) is 6.40. The predicted molar refractivity (Wildman–Crippen MR) is 73.1 cm³/mol. The zero-order valence-corrected chi connectivity index (χ0v) is 11.1. The summed E-state index contributed by atoms with van der Waals surface area (Å²) in [5.74, 6) is 6.26. The van der Waals surface area contributed by atoms with Crippen LogP contribution >= 0.6 is 0 Å². The SMILES string of the molecule is CN1CCOC(COc2cccc(C#CCO)c2)C1. The van der Waals surface area contributed by atoms with Gasteiger partial charge in [0.2, 0.25) is 0 Å². The highest BCUT2D eigenvalue weighted by Crippen LogP contribution is 2.14. The van der Waals surface area contributed by atoms with Crippen LogP contribution in [0.1, 0.15) is 5.56 Å². The molecule has 2 rings (SSSR count). The first kappa shape index (κ1) is 13.9. The standard InChI is InChI=1S/C15H19NO3/c1-16-7-9-18-15(11-16)12-19-14-6-2-4-13(10-14)5-3-8-17/h2,4,6,10,15,17H,7-9,11-12H2,1H3. The highest BCUT2D eigenvalue weighted by atomic mass is 16.5. The quantitative estimate of drug-likeness (QED) is 0.815. The molecule has 1 unspecified atom stereocenters. The number of hydrogen-bond donors (Lipinski definition) is 1. The summed E-state index contributed by atoms with van der Waals surface area (Å²) < 4.78 is 11.4. The number of likely N-dealkylation sites (N-methyl/N-ethyl adjacent to an activating group) is 1. The number of ether oxygens (including phenoxy) is 2. The van der Waals surface area contributed by atoms with Crippen molar-refractivity contribution in [2.24, 2.45) is 0 Å². The van der Waals surface area contributed by atoms with Gasteiger partial charge in [0.05, 0.1) is 6.61 Å². The highest BCUT2D eigenvalue weighted by Gasteiger charge is 2.18. The van der Waals surface area contributed by atoms with Gasteiger partial charge in [0.15, 0.2) is 0 Å². The van der Waals surface area contributed by atoms with Crippen LogP contribution in [0.25, 0.3) is 0 Å². The third-order valence-electron chi connectivity index (χ3n) is 2.92. The third-order valence-corrected chi connectivity index (χ3v) is 2.92. The van der Waals surface area contributed by atoms with Gasteiger partial charge in [-0.1, -0.05) is 17.9 Å². The van der Waals surface area contributed by atoms with Crippen LogP contribution in [0, 0.1) is 11.8 Å². The van der Waals surface area contributed by atoms with E-state index in [-0.39, 0.29) is 12.7 Å². The molecule has 0 amide bonds. The topological polar surface area (TPSA) is 41.9 Å². The highest BCUT2D eigenvalue weighted by molar-refractivity contribution is 5.39. The summed E-state index contributed by atoms with van der Waals surface area (Å²) in [4.78, 5) is 2.24. The van der Waals surface area contributed by atoms with Crippen LogP contribution in [0.2, 0.25) is 0 Å². The van der Waals surface area contributed by atoms with E-state index in [9.17, 15) is 0 Å². The molecule has 0 saturated carbocycles. The lowest BCUT2D eigenvalue weighted by molar-refractivity contribution is -0.0403. The molecule has 1 aliphatic heterocycles. The smallest absolute Gasteiger partial charge is 0.120 e. The molecule has 0 aliphatic carbocycles. The second-order valence-electron chi connectivity index (χ2n) is 4.55. The number of benzene rings is 1. The number of rotatable bonds is 3. The average molecular weight is 261 g/mol. The number of nitrogens with zero attached hydrogens (tertiary/aromatic N) is 1. The first-order valence-electron chi connectivity index (χ1n) is 6.40. The minimum absolute atomic E-state index is 0.117. The van der Waals surface area contributed by atoms with Crippen molar-refractivity contribution in [3.05, 3.63) is 29.8 Å². The van der Waals surface area contributed by atoms with Gasteiger partial charge in [0.1, 0.15) is 25.1 Å². The molecule has 4 nitrogen and oxygen atoms in total. The van der Waals surface area contributed by atoms with Crippen molar-refractivity contribution < 1.29 is 14.6 Å². The summed E-state index contributed by atoms with van der Waals surface area (Å²) in [5, 5.41) is 8.67. The zero-order valence-electron chi connectivity index (χ0n) is 11.1. The summed E-state index contributed by atoms with van der Waals surface area (Å²) in [7, 11) is 2.08. The Balaban J connectivity index is 1.88. The summed E-state index contributed by atoms with van der Waals surface area (Å²) in [6, 6.07) is 7.55. The van der Waals surface area contributed by atoms with Crippen molar-refractivity contribution in [2.45, 2.75) is 6.10 Å². The molecule has 1 N–H and O–H groups in total. The molecule has 0 aromatic heterocycles. The molecule has 0 spiro atoms. The first-order chi connectivity index (χ1) is 9.28. The van der Waals surface area contributed by atoms with Gasteiger partial charge in [0, 0.05) is 18.7 Å². The Morgan fingerprint density at radius 3 is 3.21 bits per heavy atom. The van der Waals surface area contributed by atoms with E-state index < -0.39 is 0 Å². The Labute approximate surface area is 113 Å². The Bertz CT molecular complexity index is 464. The van der Waals surface area contributed by atoms with Gasteiger partial charge in [-0.2, -0.15) is 0 Å². The molecule has 1 heterocycles. The Hall–Kier alpha value is -1.54. The van der Waals surface area contributed by atoms with Crippen molar-refractivity contribution in [3.63, 3.8) is 0 Å². The van der Waals surface area contributed by atoms with Crippen LogP contribution in [0.4, 0.5) is 0 Å². The fraction of sp³-hybridized carbons (Fsp3) is 0.467.